The number of ether oxygens (including phenoxy) is 1. The summed E-state index contributed by atoms with van der Waals surface area (Å²) in [5.74, 6) is 0.929. The van der Waals surface area contributed by atoms with Gasteiger partial charge >= 0.3 is 6.09 Å². The number of hydrogen-bond acceptors (Lipinski definition) is 7. The second kappa shape index (κ2) is 10.2. The summed E-state index contributed by atoms with van der Waals surface area (Å²) in [4.78, 5) is 43.2. The fraction of sp³-hybridized carbons (Fsp3) is 0.565. The molecule has 4 aliphatic rings. The molecule has 2 saturated heterocycles. The van der Waals surface area contributed by atoms with Gasteiger partial charge in [-0.05, 0) is 49.3 Å². The van der Waals surface area contributed by atoms with Crippen LogP contribution in [0.3, 0.4) is 0 Å². The lowest BCUT2D eigenvalue weighted by Gasteiger charge is -2.33. The monoisotopic (exact) mass is 504 g/mol. The van der Waals surface area contributed by atoms with Crippen LogP contribution >= 0.6 is 23.5 Å². The van der Waals surface area contributed by atoms with E-state index in [0.717, 1.165) is 31.2 Å². The molecule has 2 unspecified atom stereocenters. The van der Waals surface area contributed by atoms with Crippen LogP contribution in [0.4, 0.5) is 4.79 Å². The number of carbonyl (C=O) groups is 3. The van der Waals surface area contributed by atoms with E-state index in [4.69, 9.17) is 4.74 Å². The number of hydrogen-bond donors (Lipinski definition) is 3. The molecule has 3 N–H and O–H groups in total. The number of carbonyl (C=O) groups excluding carboxylic acids is 2. The van der Waals surface area contributed by atoms with Crippen molar-refractivity contribution in [2.24, 2.45) is 10.9 Å². The van der Waals surface area contributed by atoms with Crippen LogP contribution in [0.1, 0.15) is 47.6 Å². The Bertz CT molecular complexity index is 978. The predicted octanol–water partition coefficient (Wildman–Crippen LogP) is 2.69. The van der Waals surface area contributed by atoms with Crippen molar-refractivity contribution >= 4 is 46.6 Å². The first-order valence-corrected chi connectivity index (χ1v) is 13.7. The van der Waals surface area contributed by atoms with E-state index in [2.05, 4.69) is 15.6 Å². The third-order valence-corrected chi connectivity index (χ3v) is 9.00. The van der Waals surface area contributed by atoms with Crippen molar-refractivity contribution in [3.8, 4) is 0 Å². The average molecular weight is 505 g/mol. The summed E-state index contributed by atoms with van der Waals surface area (Å²) in [6, 6.07) is 6.88. The molecule has 3 amide bonds. The summed E-state index contributed by atoms with van der Waals surface area (Å²) in [5.41, 5.74) is 1.60. The molecule has 182 valence electrons. The van der Waals surface area contributed by atoms with Crippen molar-refractivity contribution in [2.75, 3.05) is 24.7 Å². The zero-order valence-corrected chi connectivity index (χ0v) is 20.3. The van der Waals surface area contributed by atoms with Gasteiger partial charge < -0.3 is 20.5 Å². The van der Waals surface area contributed by atoms with Crippen LogP contribution in [0.25, 0.3) is 0 Å². The lowest BCUT2D eigenvalue weighted by atomic mass is 9.99. The highest BCUT2D eigenvalue weighted by Crippen LogP contribution is 2.38. The lowest BCUT2D eigenvalue weighted by Crippen LogP contribution is -2.52. The molecule has 11 heteroatoms. The van der Waals surface area contributed by atoms with E-state index >= 15 is 0 Å². The summed E-state index contributed by atoms with van der Waals surface area (Å²) in [5, 5.41) is 16.0. The second-order valence-electron chi connectivity index (χ2n) is 9.00. The van der Waals surface area contributed by atoms with Crippen molar-refractivity contribution < 1.29 is 24.2 Å². The minimum Gasteiger partial charge on any atom is -0.465 e. The Morgan fingerprint density at radius 1 is 1.06 bits per heavy atom. The number of nitrogens with one attached hydrogen (secondary N) is 2. The molecule has 1 aromatic carbocycles. The predicted molar refractivity (Wildman–Crippen MR) is 131 cm³/mol. The maximum absolute atomic E-state index is 13.0. The van der Waals surface area contributed by atoms with Crippen LogP contribution < -0.4 is 10.6 Å². The maximum atomic E-state index is 13.0. The van der Waals surface area contributed by atoms with E-state index < -0.39 is 12.1 Å². The van der Waals surface area contributed by atoms with E-state index in [0.29, 0.717) is 41.5 Å². The lowest BCUT2D eigenvalue weighted by molar-refractivity contribution is -0.123. The van der Waals surface area contributed by atoms with Crippen LogP contribution in [0, 0.1) is 5.92 Å². The minimum atomic E-state index is -1.06. The quantitative estimate of drug-likeness (QED) is 0.564. The largest absolute Gasteiger partial charge is 0.465 e. The molecule has 0 radical (unpaired) electrons. The first-order valence-electron chi connectivity index (χ1n) is 11.6. The van der Waals surface area contributed by atoms with Gasteiger partial charge in [0.05, 0.1) is 11.4 Å². The number of aliphatic imine (C=N–C) groups is 1. The van der Waals surface area contributed by atoms with E-state index in [1.165, 1.54) is 28.4 Å². The highest BCUT2D eigenvalue weighted by molar-refractivity contribution is 8.14. The van der Waals surface area contributed by atoms with Crippen LogP contribution in [0.15, 0.2) is 29.3 Å². The van der Waals surface area contributed by atoms with Gasteiger partial charge in [-0.25, -0.2) is 4.79 Å². The number of amides is 3. The molecular formula is C23H28N4O5S2. The Morgan fingerprint density at radius 3 is 2.47 bits per heavy atom. The van der Waals surface area contributed by atoms with Crippen LogP contribution in [-0.2, 0) is 9.53 Å². The van der Waals surface area contributed by atoms with Gasteiger partial charge in [0, 0.05) is 36.3 Å². The SMILES string of the molecule is O=C(NC1CC1)c1ccc(C2CSC(NC(=O)[C@@H]3CSC(C4CCOCC4)N3C(=O)O)=N2)cc1. The molecule has 0 aromatic heterocycles. The number of nitrogens with zero attached hydrogens (tertiary/aromatic N) is 2. The maximum Gasteiger partial charge on any atom is 0.408 e. The van der Waals surface area contributed by atoms with E-state index in [1.807, 2.05) is 12.1 Å². The molecular weight excluding hydrogens is 476 g/mol. The van der Waals surface area contributed by atoms with Gasteiger partial charge in [0.15, 0.2) is 5.17 Å². The molecule has 9 nitrogen and oxygen atoms in total. The third kappa shape index (κ3) is 5.21. The molecule has 34 heavy (non-hydrogen) atoms. The molecule has 0 bridgehead atoms. The number of amidine groups is 1. The average Bonchev–Trinajstić information content (AvgIpc) is 3.35. The number of benzene rings is 1. The summed E-state index contributed by atoms with van der Waals surface area (Å²) in [6.45, 7) is 1.26. The molecule has 3 atom stereocenters. The van der Waals surface area contributed by atoms with Gasteiger partial charge in [-0.15, -0.1) is 11.8 Å². The molecule has 3 aliphatic heterocycles. The van der Waals surface area contributed by atoms with Gasteiger partial charge in [-0.1, -0.05) is 23.9 Å². The van der Waals surface area contributed by atoms with Crippen molar-refractivity contribution in [1.82, 2.24) is 15.5 Å². The standard InChI is InChI=1S/C23H28N4O5S2/c28-19(24-16-5-6-16)14-3-1-13(2-4-14)17-11-34-22(25-17)26-20(29)18-12-33-21(27(18)23(30)31)15-7-9-32-10-8-15/h1-4,15-18,21H,5-12H2,(H,24,28)(H,30,31)(H,25,26,29)/t17?,18-,21?/m0/s1. The highest BCUT2D eigenvalue weighted by atomic mass is 32.2. The van der Waals surface area contributed by atoms with Crippen molar-refractivity contribution in [1.29, 1.82) is 0 Å². The Morgan fingerprint density at radius 2 is 1.79 bits per heavy atom. The Labute approximate surface area is 206 Å². The zero-order valence-electron chi connectivity index (χ0n) is 18.6. The Kier molecular flexibility index (Phi) is 7.03. The summed E-state index contributed by atoms with van der Waals surface area (Å²) < 4.78 is 5.41. The first-order chi connectivity index (χ1) is 16.5. The molecule has 0 spiro atoms. The first kappa shape index (κ1) is 23.5. The Hall–Kier alpha value is -2.24. The molecule has 3 fully saturated rings. The van der Waals surface area contributed by atoms with Gasteiger partial charge in [-0.3, -0.25) is 19.5 Å². The molecule has 1 aromatic rings. The van der Waals surface area contributed by atoms with Gasteiger partial charge in [0.1, 0.15) is 6.04 Å². The van der Waals surface area contributed by atoms with Crippen molar-refractivity contribution in [3.63, 3.8) is 0 Å². The zero-order chi connectivity index (χ0) is 23.7. The molecule has 5 rings (SSSR count). The fourth-order valence-electron chi connectivity index (χ4n) is 4.49. The van der Waals surface area contributed by atoms with Gasteiger partial charge in [0.2, 0.25) is 5.91 Å². The fourth-order valence-corrected chi connectivity index (χ4v) is 7.08. The molecule has 1 saturated carbocycles. The number of thioether (sulfide) groups is 2. The Balaban J connectivity index is 1.20. The van der Waals surface area contributed by atoms with Gasteiger partial charge in [-0.2, -0.15) is 0 Å². The molecule has 1 aliphatic carbocycles. The normalized spacial score (nSPS) is 27.4. The second-order valence-corrected chi connectivity index (χ2v) is 11.2. The summed E-state index contributed by atoms with van der Waals surface area (Å²) in [6.07, 6.45) is 2.65. The topological polar surface area (TPSA) is 120 Å². The van der Waals surface area contributed by atoms with Crippen LogP contribution in [-0.4, -0.2) is 75.3 Å². The van der Waals surface area contributed by atoms with Crippen molar-refractivity contribution in [3.05, 3.63) is 35.4 Å². The van der Waals surface area contributed by atoms with E-state index in [9.17, 15) is 19.5 Å². The van der Waals surface area contributed by atoms with Gasteiger partial charge in [0.25, 0.3) is 5.91 Å². The summed E-state index contributed by atoms with van der Waals surface area (Å²) in [7, 11) is 0. The smallest absolute Gasteiger partial charge is 0.408 e. The molecule has 3 heterocycles. The highest BCUT2D eigenvalue weighted by Gasteiger charge is 2.45. The minimum absolute atomic E-state index is 0.0530. The summed E-state index contributed by atoms with van der Waals surface area (Å²) >= 11 is 2.99. The number of carboxylic acid groups (broad SMARTS) is 1. The van der Waals surface area contributed by atoms with Crippen molar-refractivity contribution in [2.45, 2.75) is 49.2 Å². The van der Waals surface area contributed by atoms with E-state index in [1.54, 1.807) is 12.1 Å². The van der Waals surface area contributed by atoms with Crippen LogP contribution in [0.5, 0.6) is 0 Å². The van der Waals surface area contributed by atoms with E-state index in [-0.39, 0.29) is 29.1 Å². The third-order valence-electron chi connectivity index (χ3n) is 6.58. The number of rotatable bonds is 5. The van der Waals surface area contributed by atoms with Crippen LogP contribution in [0.2, 0.25) is 0 Å².